The predicted octanol–water partition coefficient (Wildman–Crippen LogP) is 4.67. The summed E-state index contributed by atoms with van der Waals surface area (Å²) in [5.74, 6) is 0.736. The van der Waals surface area contributed by atoms with Crippen LogP contribution in [0.15, 0.2) is 52.9 Å². The second-order valence-electron chi connectivity index (χ2n) is 5.22. The molecule has 1 aromatic heterocycles. The van der Waals surface area contributed by atoms with Crippen molar-refractivity contribution in [1.82, 2.24) is 9.88 Å². The van der Waals surface area contributed by atoms with Gasteiger partial charge < -0.3 is 4.42 Å². The first-order valence-electron chi connectivity index (χ1n) is 6.93. The summed E-state index contributed by atoms with van der Waals surface area (Å²) in [7, 11) is 2.06. The summed E-state index contributed by atoms with van der Waals surface area (Å²) in [6, 6.07) is 16.0. The second-order valence-corrected chi connectivity index (χ2v) is 5.65. The molecule has 21 heavy (non-hydrogen) atoms. The summed E-state index contributed by atoms with van der Waals surface area (Å²) in [5.41, 5.74) is 2.96. The van der Waals surface area contributed by atoms with Crippen LogP contribution < -0.4 is 0 Å². The molecule has 0 radical (unpaired) electrons. The van der Waals surface area contributed by atoms with Gasteiger partial charge in [0, 0.05) is 11.1 Å². The van der Waals surface area contributed by atoms with Gasteiger partial charge in [-0.3, -0.25) is 4.90 Å². The van der Waals surface area contributed by atoms with Crippen LogP contribution in [-0.2, 0) is 6.54 Å². The van der Waals surface area contributed by atoms with Crippen LogP contribution in [0.4, 0.5) is 0 Å². The Labute approximate surface area is 129 Å². The second kappa shape index (κ2) is 5.88. The molecule has 0 fully saturated rings. The van der Waals surface area contributed by atoms with E-state index in [1.165, 1.54) is 5.56 Å². The molecule has 3 rings (SSSR count). The Kier molecular flexibility index (Phi) is 3.95. The lowest BCUT2D eigenvalue weighted by Crippen LogP contribution is -2.22. The molecule has 1 heterocycles. The lowest BCUT2D eigenvalue weighted by atomic mass is 10.1. The predicted molar refractivity (Wildman–Crippen MR) is 85.3 cm³/mol. The van der Waals surface area contributed by atoms with Gasteiger partial charge in [-0.05, 0) is 43.8 Å². The fraction of sp³-hybridized carbons (Fsp3) is 0.235. The van der Waals surface area contributed by atoms with Gasteiger partial charge in [-0.15, -0.1) is 0 Å². The molecule has 1 unspecified atom stereocenters. The zero-order chi connectivity index (χ0) is 14.8. The van der Waals surface area contributed by atoms with Gasteiger partial charge in [0.1, 0.15) is 5.52 Å². The van der Waals surface area contributed by atoms with E-state index in [-0.39, 0.29) is 6.04 Å². The van der Waals surface area contributed by atoms with Crippen LogP contribution in [0.25, 0.3) is 11.1 Å². The molecule has 3 aromatic rings. The molecule has 108 valence electrons. The number of nitrogens with zero attached hydrogens (tertiary/aromatic N) is 2. The number of fused-ring (bicyclic) bond motifs is 1. The van der Waals surface area contributed by atoms with Gasteiger partial charge >= 0.3 is 0 Å². The Morgan fingerprint density at radius 1 is 1.14 bits per heavy atom. The summed E-state index contributed by atoms with van der Waals surface area (Å²) in [5, 5.41) is 0.757. The van der Waals surface area contributed by atoms with Crippen molar-refractivity contribution in [2.24, 2.45) is 0 Å². The molecule has 0 amide bonds. The van der Waals surface area contributed by atoms with E-state index >= 15 is 0 Å². The van der Waals surface area contributed by atoms with E-state index in [2.05, 4.69) is 36.0 Å². The van der Waals surface area contributed by atoms with Gasteiger partial charge in [-0.25, -0.2) is 4.98 Å². The number of rotatable bonds is 4. The number of hydrogen-bond acceptors (Lipinski definition) is 3. The topological polar surface area (TPSA) is 29.3 Å². The Morgan fingerprint density at radius 2 is 1.86 bits per heavy atom. The average Bonchev–Trinajstić information content (AvgIpc) is 2.89. The van der Waals surface area contributed by atoms with Crippen LogP contribution >= 0.6 is 11.6 Å². The highest BCUT2D eigenvalue weighted by Crippen LogP contribution is 2.23. The van der Waals surface area contributed by atoms with E-state index < -0.39 is 0 Å². The molecule has 0 aliphatic heterocycles. The standard InChI is InChI=1S/C17H17ClN2O/c1-12(13-7-9-14(18)10-8-13)20(2)11-17-19-15-5-3-4-6-16(15)21-17/h3-10,12H,11H2,1-2H3. The van der Waals surface area contributed by atoms with Crippen molar-refractivity contribution in [1.29, 1.82) is 0 Å². The third kappa shape index (κ3) is 3.09. The number of para-hydroxylation sites is 2. The zero-order valence-electron chi connectivity index (χ0n) is 12.1. The van der Waals surface area contributed by atoms with E-state index in [0.717, 1.165) is 22.0 Å². The maximum atomic E-state index is 5.93. The van der Waals surface area contributed by atoms with Gasteiger partial charge in [0.2, 0.25) is 5.89 Å². The molecular formula is C17H17ClN2O. The minimum absolute atomic E-state index is 0.261. The zero-order valence-corrected chi connectivity index (χ0v) is 12.8. The van der Waals surface area contributed by atoms with Crippen molar-refractivity contribution in [2.45, 2.75) is 19.5 Å². The van der Waals surface area contributed by atoms with Crippen LogP contribution in [0.5, 0.6) is 0 Å². The van der Waals surface area contributed by atoms with E-state index in [9.17, 15) is 0 Å². The molecular weight excluding hydrogens is 284 g/mol. The summed E-state index contributed by atoms with van der Waals surface area (Å²) >= 11 is 5.93. The lowest BCUT2D eigenvalue weighted by molar-refractivity contribution is 0.230. The Bertz CT molecular complexity index is 703. The van der Waals surface area contributed by atoms with E-state index in [1.54, 1.807) is 0 Å². The normalized spacial score (nSPS) is 13.0. The maximum Gasteiger partial charge on any atom is 0.209 e. The van der Waals surface area contributed by atoms with Gasteiger partial charge in [0.05, 0.1) is 6.54 Å². The molecule has 2 aromatic carbocycles. The molecule has 4 heteroatoms. The summed E-state index contributed by atoms with van der Waals surface area (Å²) in [4.78, 5) is 6.72. The summed E-state index contributed by atoms with van der Waals surface area (Å²) in [6.07, 6.45) is 0. The van der Waals surface area contributed by atoms with Crippen LogP contribution in [-0.4, -0.2) is 16.9 Å². The first kappa shape index (κ1) is 14.1. The summed E-state index contributed by atoms with van der Waals surface area (Å²) < 4.78 is 5.77. The molecule has 0 aliphatic rings. The van der Waals surface area contributed by atoms with Crippen molar-refractivity contribution < 1.29 is 4.42 Å². The van der Waals surface area contributed by atoms with Crippen LogP contribution in [0.2, 0.25) is 5.02 Å². The molecule has 0 N–H and O–H groups in total. The Balaban J connectivity index is 1.75. The molecule has 3 nitrogen and oxygen atoms in total. The van der Waals surface area contributed by atoms with Crippen molar-refractivity contribution >= 4 is 22.7 Å². The number of oxazole rings is 1. The minimum atomic E-state index is 0.261. The number of hydrogen-bond donors (Lipinski definition) is 0. The lowest BCUT2D eigenvalue weighted by Gasteiger charge is -2.23. The molecule has 0 aliphatic carbocycles. The molecule has 0 bridgehead atoms. The molecule has 0 saturated carbocycles. The first-order chi connectivity index (χ1) is 10.1. The number of aromatic nitrogens is 1. The number of halogens is 1. The van der Waals surface area contributed by atoms with Gasteiger partial charge in [-0.1, -0.05) is 35.9 Å². The molecule has 0 spiro atoms. The maximum absolute atomic E-state index is 5.93. The highest BCUT2D eigenvalue weighted by Gasteiger charge is 2.15. The third-order valence-electron chi connectivity index (χ3n) is 3.74. The van der Waals surface area contributed by atoms with Gasteiger partial charge in [0.25, 0.3) is 0 Å². The van der Waals surface area contributed by atoms with Crippen LogP contribution in [0.1, 0.15) is 24.4 Å². The Hall–Kier alpha value is -1.84. The van der Waals surface area contributed by atoms with Crippen molar-refractivity contribution in [2.75, 3.05) is 7.05 Å². The van der Waals surface area contributed by atoms with Gasteiger partial charge in [0.15, 0.2) is 5.58 Å². The van der Waals surface area contributed by atoms with E-state index in [0.29, 0.717) is 6.54 Å². The highest BCUT2D eigenvalue weighted by atomic mass is 35.5. The summed E-state index contributed by atoms with van der Waals surface area (Å²) in [6.45, 7) is 2.82. The van der Waals surface area contributed by atoms with Gasteiger partial charge in [-0.2, -0.15) is 0 Å². The fourth-order valence-electron chi connectivity index (χ4n) is 2.33. The minimum Gasteiger partial charge on any atom is -0.439 e. The first-order valence-corrected chi connectivity index (χ1v) is 7.31. The van der Waals surface area contributed by atoms with E-state index in [4.69, 9.17) is 16.0 Å². The fourth-order valence-corrected chi connectivity index (χ4v) is 2.46. The van der Waals surface area contributed by atoms with Crippen LogP contribution in [0, 0.1) is 0 Å². The van der Waals surface area contributed by atoms with E-state index in [1.807, 2.05) is 36.4 Å². The Morgan fingerprint density at radius 3 is 2.57 bits per heavy atom. The average molecular weight is 301 g/mol. The van der Waals surface area contributed by atoms with Crippen molar-refractivity contribution in [3.8, 4) is 0 Å². The smallest absolute Gasteiger partial charge is 0.209 e. The van der Waals surface area contributed by atoms with Crippen molar-refractivity contribution in [3.05, 3.63) is 65.0 Å². The van der Waals surface area contributed by atoms with Crippen LogP contribution in [0.3, 0.4) is 0 Å². The van der Waals surface area contributed by atoms with Crippen molar-refractivity contribution in [3.63, 3.8) is 0 Å². The highest BCUT2D eigenvalue weighted by molar-refractivity contribution is 6.30. The quantitative estimate of drug-likeness (QED) is 0.701. The third-order valence-corrected chi connectivity index (χ3v) is 3.99. The number of benzene rings is 2. The monoisotopic (exact) mass is 300 g/mol. The molecule has 0 saturated heterocycles. The largest absolute Gasteiger partial charge is 0.439 e. The SMILES string of the molecule is CC(c1ccc(Cl)cc1)N(C)Cc1nc2ccccc2o1. The molecule has 1 atom stereocenters.